The van der Waals surface area contributed by atoms with Crippen molar-refractivity contribution in [2.45, 2.75) is 20.8 Å². The average molecular weight is 299 g/mol. The molecule has 110 valence electrons. The molecule has 0 saturated heterocycles. The van der Waals surface area contributed by atoms with Crippen LogP contribution in [0.5, 0.6) is 0 Å². The van der Waals surface area contributed by atoms with Gasteiger partial charge in [0, 0.05) is 0 Å². The molecule has 0 aliphatic heterocycles. The fourth-order valence-electron chi connectivity index (χ4n) is 0.833. The predicted octanol–water partition coefficient (Wildman–Crippen LogP) is 2.62. The predicted molar refractivity (Wildman–Crippen MR) is 69.8 cm³/mol. The molecule has 0 fully saturated rings. The second kappa shape index (κ2) is 9.48. The van der Waals surface area contributed by atoms with Crippen molar-refractivity contribution in [2.75, 3.05) is 19.8 Å². The molecule has 0 spiro atoms. The molecule has 0 amide bonds. The third-order valence-electron chi connectivity index (χ3n) is 2.11. The molecule has 0 aromatic rings. The minimum absolute atomic E-state index is 0.115. The van der Waals surface area contributed by atoms with Crippen molar-refractivity contribution in [1.82, 2.24) is 0 Å². The molecule has 0 aliphatic rings. The lowest BCUT2D eigenvalue weighted by Gasteiger charge is -2.19. The van der Waals surface area contributed by atoms with E-state index in [-0.39, 0.29) is 19.8 Å². The first-order valence-electron chi connectivity index (χ1n) is 6.09. The molecule has 0 heterocycles. The molecule has 3 atom stereocenters. The van der Waals surface area contributed by atoms with Crippen LogP contribution in [0.3, 0.4) is 0 Å². The van der Waals surface area contributed by atoms with E-state index < -0.39 is 25.6 Å². The highest BCUT2D eigenvalue weighted by atomic mass is 31.2. The van der Waals surface area contributed by atoms with Crippen molar-refractivity contribution in [1.29, 1.82) is 15.8 Å². The summed E-state index contributed by atoms with van der Waals surface area (Å²) in [7, 11) is -3.87. The lowest BCUT2D eigenvalue weighted by molar-refractivity contribution is 0.0968. The van der Waals surface area contributed by atoms with Gasteiger partial charge < -0.3 is 0 Å². The van der Waals surface area contributed by atoms with Crippen LogP contribution in [0, 0.1) is 51.7 Å². The molecule has 0 radical (unpaired) electrons. The van der Waals surface area contributed by atoms with E-state index in [1.54, 1.807) is 20.8 Å². The van der Waals surface area contributed by atoms with Crippen LogP contribution in [-0.4, -0.2) is 19.8 Å². The number of rotatable bonds is 9. The summed E-state index contributed by atoms with van der Waals surface area (Å²) in [4.78, 5) is 0. The summed E-state index contributed by atoms with van der Waals surface area (Å²) >= 11 is 0. The van der Waals surface area contributed by atoms with E-state index in [4.69, 9.17) is 29.4 Å². The zero-order valence-corrected chi connectivity index (χ0v) is 12.7. The summed E-state index contributed by atoms with van der Waals surface area (Å²) < 4.78 is 27.4. The lowest BCUT2D eigenvalue weighted by Crippen LogP contribution is -2.12. The minimum atomic E-state index is -3.87. The van der Waals surface area contributed by atoms with Gasteiger partial charge in [0.05, 0.1) is 55.8 Å². The number of nitriles is 3. The second-order valence-corrected chi connectivity index (χ2v) is 6.09. The molecule has 0 aromatic heterocycles. The zero-order valence-electron chi connectivity index (χ0n) is 11.8. The summed E-state index contributed by atoms with van der Waals surface area (Å²) in [5, 5.41) is 26.0. The Morgan fingerprint density at radius 2 is 1.05 bits per heavy atom. The molecule has 0 saturated carbocycles. The Labute approximate surface area is 119 Å². The Morgan fingerprint density at radius 3 is 1.25 bits per heavy atom. The topological polar surface area (TPSA) is 116 Å². The van der Waals surface area contributed by atoms with Gasteiger partial charge in [-0.05, 0) is 20.8 Å². The van der Waals surface area contributed by atoms with Crippen molar-refractivity contribution >= 4 is 7.82 Å². The first-order valence-corrected chi connectivity index (χ1v) is 7.55. The van der Waals surface area contributed by atoms with Gasteiger partial charge in [0.2, 0.25) is 0 Å². The van der Waals surface area contributed by atoms with Crippen molar-refractivity contribution < 1.29 is 18.1 Å². The van der Waals surface area contributed by atoms with Crippen molar-refractivity contribution in [3.8, 4) is 18.2 Å². The quantitative estimate of drug-likeness (QED) is 0.600. The molecule has 7 nitrogen and oxygen atoms in total. The second-order valence-electron chi connectivity index (χ2n) is 4.42. The van der Waals surface area contributed by atoms with Crippen LogP contribution in [0.4, 0.5) is 0 Å². The standard InChI is InChI=1S/C12H18N3O4P/c1-10(4-13)7-17-20(16,18-8-11(2)5-14)19-9-12(3)6-15/h10-12H,7-9H2,1-3H3. The van der Waals surface area contributed by atoms with Gasteiger partial charge in [-0.3, -0.25) is 13.6 Å². The Kier molecular flexibility index (Phi) is 8.81. The Morgan fingerprint density at radius 1 is 0.800 bits per heavy atom. The van der Waals surface area contributed by atoms with Crippen LogP contribution < -0.4 is 0 Å². The first-order chi connectivity index (χ1) is 9.36. The highest BCUT2D eigenvalue weighted by Crippen LogP contribution is 2.50. The van der Waals surface area contributed by atoms with Crippen LogP contribution in [-0.2, 0) is 18.1 Å². The SMILES string of the molecule is CC(C#N)COP(=O)(OCC(C)C#N)OCC(C)C#N. The van der Waals surface area contributed by atoms with Gasteiger partial charge in [-0.1, -0.05) is 0 Å². The monoisotopic (exact) mass is 299 g/mol. The van der Waals surface area contributed by atoms with E-state index in [2.05, 4.69) is 0 Å². The number of nitrogens with zero attached hydrogens (tertiary/aromatic N) is 3. The third-order valence-corrected chi connectivity index (χ3v) is 3.51. The zero-order chi connectivity index (χ0) is 15.6. The molecule has 0 bridgehead atoms. The summed E-state index contributed by atoms with van der Waals surface area (Å²) in [6.07, 6.45) is 0. The van der Waals surface area contributed by atoms with Gasteiger partial charge in [-0.15, -0.1) is 0 Å². The Hall–Kier alpha value is -1.42. The van der Waals surface area contributed by atoms with Crippen LogP contribution in [0.15, 0.2) is 0 Å². The molecular weight excluding hydrogens is 281 g/mol. The Bertz CT molecular complexity index is 396. The number of hydrogen-bond acceptors (Lipinski definition) is 7. The number of phosphoric ester groups is 1. The summed E-state index contributed by atoms with van der Waals surface area (Å²) in [6.45, 7) is 4.45. The molecular formula is C12H18N3O4P. The van der Waals surface area contributed by atoms with E-state index in [1.165, 1.54) is 0 Å². The molecule has 8 heteroatoms. The van der Waals surface area contributed by atoms with Gasteiger partial charge >= 0.3 is 7.82 Å². The molecule has 0 aliphatic carbocycles. The fourth-order valence-corrected chi connectivity index (χ4v) is 2.28. The Balaban J connectivity index is 4.59. The van der Waals surface area contributed by atoms with Gasteiger partial charge in [0.1, 0.15) is 0 Å². The maximum absolute atomic E-state index is 12.3. The van der Waals surface area contributed by atoms with E-state index >= 15 is 0 Å². The molecule has 0 N–H and O–H groups in total. The van der Waals surface area contributed by atoms with Gasteiger partial charge in [0.15, 0.2) is 0 Å². The minimum Gasteiger partial charge on any atom is -0.286 e. The summed E-state index contributed by atoms with van der Waals surface area (Å²) in [5.74, 6) is -1.42. The van der Waals surface area contributed by atoms with Crippen molar-refractivity contribution in [3.05, 3.63) is 0 Å². The van der Waals surface area contributed by atoms with Crippen LogP contribution in [0.25, 0.3) is 0 Å². The van der Waals surface area contributed by atoms with Gasteiger partial charge in [0.25, 0.3) is 0 Å². The number of hydrogen-bond donors (Lipinski definition) is 0. The smallest absolute Gasteiger partial charge is 0.286 e. The van der Waals surface area contributed by atoms with E-state index in [1.807, 2.05) is 18.2 Å². The molecule has 3 unspecified atom stereocenters. The van der Waals surface area contributed by atoms with E-state index in [0.29, 0.717) is 0 Å². The summed E-state index contributed by atoms with van der Waals surface area (Å²) in [6, 6.07) is 5.78. The molecule has 0 rings (SSSR count). The molecule has 20 heavy (non-hydrogen) atoms. The fraction of sp³-hybridized carbons (Fsp3) is 0.750. The van der Waals surface area contributed by atoms with Crippen LogP contribution in [0.1, 0.15) is 20.8 Å². The van der Waals surface area contributed by atoms with Crippen molar-refractivity contribution in [3.63, 3.8) is 0 Å². The van der Waals surface area contributed by atoms with Gasteiger partial charge in [-0.2, -0.15) is 15.8 Å². The van der Waals surface area contributed by atoms with E-state index in [0.717, 1.165) is 0 Å². The highest BCUT2D eigenvalue weighted by molar-refractivity contribution is 7.48. The third kappa shape index (κ3) is 7.89. The maximum atomic E-state index is 12.3. The summed E-state index contributed by atoms with van der Waals surface area (Å²) in [5.41, 5.74) is 0. The van der Waals surface area contributed by atoms with Crippen LogP contribution in [0.2, 0.25) is 0 Å². The maximum Gasteiger partial charge on any atom is 0.474 e. The van der Waals surface area contributed by atoms with E-state index in [9.17, 15) is 4.57 Å². The van der Waals surface area contributed by atoms with Crippen LogP contribution >= 0.6 is 7.82 Å². The van der Waals surface area contributed by atoms with Crippen molar-refractivity contribution in [2.24, 2.45) is 17.8 Å². The normalized spacial score (nSPS) is 17.8. The lowest BCUT2D eigenvalue weighted by atomic mass is 10.2. The molecule has 0 aromatic carbocycles. The van der Waals surface area contributed by atoms with Gasteiger partial charge in [-0.25, -0.2) is 4.57 Å². The average Bonchev–Trinajstić information content (AvgIpc) is 2.47. The highest BCUT2D eigenvalue weighted by Gasteiger charge is 2.29. The largest absolute Gasteiger partial charge is 0.474 e. The number of phosphoric acid groups is 1. The first kappa shape index (κ1) is 18.6.